The Morgan fingerprint density at radius 2 is 1.94 bits per heavy atom. The van der Waals surface area contributed by atoms with Crippen LogP contribution in [0.15, 0.2) is 18.2 Å². The predicted octanol–water partition coefficient (Wildman–Crippen LogP) is 2.82. The van der Waals surface area contributed by atoms with E-state index in [9.17, 15) is 14.4 Å². The Balaban J connectivity index is 1.44. The van der Waals surface area contributed by atoms with Crippen molar-refractivity contribution in [1.29, 1.82) is 0 Å². The fourth-order valence-corrected chi connectivity index (χ4v) is 4.82. The Morgan fingerprint density at radius 1 is 1.16 bits per heavy atom. The van der Waals surface area contributed by atoms with Crippen LogP contribution in [0.5, 0.6) is 5.75 Å². The van der Waals surface area contributed by atoms with Crippen molar-refractivity contribution < 1.29 is 23.9 Å². The maximum Gasteiger partial charge on any atom is 0.257 e. The zero-order valence-corrected chi connectivity index (χ0v) is 19.0. The number of hydrogen-bond donors (Lipinski definition) is 1. The lowest BCUT2D eigenvalue weighted by Gasteiger charge is -2.42. The number of piperidine rings is 1. The summed E-state index contributed by atoms with van der Waals surface area (Å²) in [5.74, 6) is 0.374. The molecule has 0 saturated carbocycles. The molecule has 3 aliphatic rings. The van der Waals surface area contributed by atoms with Gasteiger partial charge in [-0.15, -0.1) is 0 Å². The van der Waals surface area contributed by atoms with Crippen molar-refractivity contribution in [3.05, 3.63) is 23.8 Å². The van der Waals surface area contributed by atoms with Crippen LogP contribution in [0, 0.1) is 0 Å². The van der Waals surface area contributed by atoms with Gasteiger partial charge in [0.25, 0.3) is 5.91 Å². The van der Waals surface area contributed by atoms with Crippen molar-refractivity contribution >= 4 is 23.4 Å². The quantitative estimate of drug-likeness (QED) is 0.773. The highest BCUT2D eigenvalue weighted by Crippen LogP contribution is 2.32. The van der Waals surface area contributed by atoms with Crippen LogP contribution in [0.25, 0.3) is 0 Å². The maximum absolute atomic E-state index is 13.2. The summed E-state index contributed by atoms with van der Waals surface area (Å²) in [6.45, 7) is 3.77. The van der Waals surface area contributed by atoms with Gasteiger partial charge in [0.05, 0.1) is 24.1 Å². The van der Waals surface area contributed by atoms with Crippen LogP contribution >= 0.6 is 0 Å². The highest BCUT2D eigenvalue weighted by atomic mass is 16.5. The van der Waals surface area contributed by atoms with E-state index in [2.05, 4.69) is 5.32 Å². The van der Waals surface area contributed by atoms with E-state index < -0.39 is 0 Å². The molecule has 3 amide bonds. The van der Waals surface area contributed by atoms with Gasteiger partial charge in [-0.25, -0.2) is 0 Å². The van der Waals surface area contributed by atoms with Gasteiger partial charge in [0.1, 0.15) is 18.5 Å². The summed E-state index contributed by atoms with van der Waals surface area (Å²) < 4.78 is 12.3. The van der Waals surface area contributed by atoms with Crippen molar-refractivity contribution in [3.8, 4) is 5.75 Å². The number of benzene rings is 1. The molecule has 2 saturated heterocycles. The van der Waals surface area contributed by atoms with Gasteiger partial charge >= 0.3 is 0 Å². The molecular formula is C24H33N3O5. The number of anilines is 1. The smallest absolute Gasteiger partial charge is 0.257 e. The highest BCUT2D eigenvalue weighted by molar-refractivity contribution is 5.99. The summed E-state index contributed by atoms with van der Waals surface area (Å²) >= 11 is 0. The molecule has 0 aromatic heterocycles. The van der Waals surface area contributed by atoms with Crippen molar-refractivity contribution in [2.75, 3.05) is 32.1 Å². The summed E-state index contributed by atoms with van der Waals surface area (Å²) in [7, 11) is 1.79. The average Bonchev–Trinajstić information content (AvgIpc) is 2.82. The molecule has 174 valence electrons. The summed E-state index contributed by atoms with van der Waals surface area (Å²) in [6, 6.07) is 5.00. The van der Waals surface area contributed by atoms with Crippen LogP contribution in [0.4, 0.5) is 5.69 Å². The van der Waals surface area contributed by atoms with Crippen molar-refractivity contribution in [3.63, 3.8) is 0 Å². The first-order valence-corrected chi connectivity index (χ1v) is 11.7. The molecule has 3 atom stereocenters. The standard InChI is InChI=1S/C24H33N3O5/c1-3-22(28)25-16-7-10-20-18(13-16)24(30)26(2)19-9-8-17(32-21(19)15-31-20)14-23(29)27-11-5-4-6-12-27/h7,10,13,17,19,21H,3-6,8-9,11-12,14-15H2,1-2H3,(H,25,28)/t17-,19-,21-/m0/s1. The molecule has 1 aromatic carbocycles. The number of rotatable bonds is 4. The number of nitrogens with one attached hydrogen (secondary N) is 1. The van der Waals surface area contributed by atoms with Gasteiger partial charge in [0, 0.05) is 32.2 Å². The number of likely N-dealkylation sites (N-methyl/N-ethyl adjacent to an activating group) is 1. The molecule has 3 aliphatic heterocycles. The fourth-order valence-electron chi connectivity index (χ4n) is 4.82. The number of carbonyl (C=O) groups excluding carboxylic acids is 3. The van der Waals surface area contributed by atoms with E-state index in [0.29, 0.717) is 36.4 Å². The first-order chi connectivity index (χ1) is 15.5. The molecular weight excluding hydrogens is 410 g/mol. The van der Waals surface area contributed by atoms with E-state index in [4.69, 9.17) is 9.47 Å². The van der Waals surface area contributed by atoms with Crippen LogP contribution in [0.1, 0.15) is 62.2 Å². The second kappa shape index (κ2) is 9.90. The summed E-state index contributed by atoms with van der Waals surface area (Å²) in [5.41, 5.74) is 1.01. The first-order valence-electron chi connectivity index (χ1n) is 11.7. The number of fused-ring (bicyclic) bond motifs is 2. The Bertz CT molecular complexity index is 867. The number of nitrogens with zero attached hydrogens (tertiary/aromatic N) is 2. The Hall–Kier alpha value is -2.61. The first kappa shape index (κ1) is 22.6. The number of ether oxygens (including phenoxy) is 2. The molecule has 0 bridgehead atoms. The molecule has 0 aliphatic carbocycles. The van der Waals surface area contributed by atoms with E-state index in [1.54, 1.807) is 37.1 Å². The molecule has 1 N–H and O–H groups in total. The molecule has 1 aromatic rings. The van der Waals surface area contributed by atoms with E-state index >= 15 is 0 Å². The van der Waals surface area contributed by atoms with Crippen molar-refractivity contribution in [2.45, 2.75) is 70.1 Å². The van der Waals surface area contributed by atoms with Gasteiger partial charge in [-0.05, 0) is 50.3 Å². The average molecular weight is 444 g/mol. The molecule has 0 radical (unpaired) electrons. The fraction of sp³-hybridized carbons (Fsp3) is 0.625. The zero-order chi connectivity index (χ0) is 22.7. The molecule has 8 heteroatoms. The van der Waals surface area contributed by atoms with Crippen LogP contribution in [0.2, 0.25) is 0 Å². The SMILES string of the molecule is CCC(=O)Nc1ccc2c(c1)C(=O)N(C)[C@H]1CC[C@@H](CC(=O)N3CCCCC3)O[C@H]1CO2. The molecule has 4 rings (SSSR count). The third-order valence-electron chi connectivity index (χ3n) is 6.73. The molecule has 32 heavy (non-hydrogen) atoms. The zero-order valence-electron chi connectivity index (χ0n) is 19.0. The van der Waals surface area contributed by atoms with Gasteiger partial charge in [0.15, 0.2) is 0 Å². The molecule has 0 unspecified atom stereocenters. The largest absolute Gasteiger partial charge is 0.490 e. The number of hydrogen-bond acceptors (Lipinski definition) is 5. The number of amides is 3. The van der Waals surface area contributed by atoms with E-state index in [1.807, 2.05) is 4.90 Å². The third kappa shape index (κ3) is 4.90. The summed E-state index contributed by atoms with van der Waals surface area (Å²) in [5, 5.41) is 2.79. The monoisotopic (exact) mass is 443 g/mol. The minimum atomic E-state index is -0.288. The van der Waals surface area contributed by atoms with Gasteiger partial charge < -0.3 is 24.6 Å². The van der Waals surface area contributed by atoms with Crippen molar-refractivity contribution in [2.24, 2.45) is 0 Å². The van der Waals surface area contributed by atoms with Gasteiger partial charge in [-0.1, -0.05) is 6.92 Å². The molecule has 3 heterocycles. The van der Waals surface area contributed by atoms with Crippen LogP contribution < -0.4 is 10.1 Å². The second-order valence-corrected chi connectivity index (χ2v) is 8.93. The Morgan fingerprint density at radius 3 is 2.69 bits per heavy atom. The minimum absolute atomic E-state index is 0.108. The summed E-state index contributed by atoms with van der Waals surface area (Å²) in [6.07, 6.45) is 5.15. The number of likely N-dealkylation sites (tertiary alicyclic amines) is 1. The second-order valence-electron chi connectivity index (χ2n) is 8.93. The van der Waals surface area contributed by atoms with E-state index in [1.165, 1.54) is 6.42 Å². The Kier molecular flexibility index (Phi) is 6.98. The Labute approximate surface area is 189 Å². The maximum atomic E-state index is 13.2. The lowest BCUT2D eigenvalue weighted by atomic mass is 9.94. The minimum Gasteiger partial charge on any atom is -0.490 e. The highest BCUT2D eigenvalue weighted by Gasteiger charge is 2.39. The van der Waals surface area contributed by atoms with Crippen LogP contribution in [-0.4, -0.2) is 72.5 Å². The van der Waals surface area contributed by atoms with Crippen LogP contribution in [-0.2, 0) is 14.3 Å². The van der Waals surface area contributed by atoms with E-state index in [0.717, 1.165) is 38.8 Å². The van der Waals surface area contributed by atoms with E-state index in [-0.39, 0.29) is 36.0 Å². The predicted molar refractivity (Wildman–Crippen MR) is 120 cm³/mol. The van der Waals surface area contributed by atoms with Crippen LogP contribution in [0.3, 0.4) is 0 Å². The van der Waals surface area contributed by atoms with Crippen molar-refractivity contribution in [1.82, 2.24) is 9.80 Å². The number of carbonyl (C=O) groups is 3. The van der Waals surface area contributed by atoms with Gasteiger partial charge in [-0.3, -0.25) is 14.4 Å². The van der Waals surface area contributed by atoms with Gasteiger partial charge in [-0.2, -0.15) is 0 Å². The topological polar surface area (TPSA) is 88.2 Å². The normalized spacial score (nSPS) is 25.7. The summed E-state index contributed by atoms with van der Waals surface area (Å²) in [4.78, 5) is 41.3. The third-order valence-corrected chi connectivity index (χ3v) is 6.73. The molecule has 2 fully saturated rings. The van der Waals surface area contributed by atoms with Gasteiger partial charge in [0.2, 0.25) is 11.8 Å². The lowest BCUT2D eigenvalue weighted by molar-refractivity contribution is -0.143. The lowest BCUT2D eigenvalue weighted by Crippen LogP contribution is -2.54. The molecule has 0 spiro atoms. The molecule has 8 nitrogen and oxygen atoms in total.